The van der Waals surface area contributed by atoms with E-state index < -0.39 is 12.8 Å². The maximum Gasteiger partial charge on any atom is 0.422 e. The van der Waals surface area contributed by atoms with Crippen LogP contribution in [0.3, 0.4) is 0 Å². The van der Waals surface area contributed by atoms with Crippen molar-refractivity contribution in [3.8, 4) is 5.75 Å². The van der Waals surface area contributed by atoms with Crippen molar-refractivity contribution in [1.29, 1.82) is 0 Å². The first-order valence-corrected chi connectivity index (χ1v) is 7.55. The van der Waals surface area contributed by atoms with Gasteiger partial charge in [0, 0.05) is 17.5 Å². The molecule has 1 heterocycles. The summed E-state index contributed by atoms with van der Waals surface area (Å²) >= 11 is 1.67. The Labute approximate surface area is 126 Å². The second-order valence-electron chi connectivity index (χ2n) is 4.65. The van der Waals surface area contributed by atoms with Crippen molar-refractivity contribution in [2.24, 2.45) is 0 Å². The highest BCUT2D eigenvalue weighted by Gasteiger charge is 2.28. The summed E-state index contributed by atoms with van der Waals surface area (Å²) in [6.45, 7) is 0.462. The Balaban J connectivity index is 1.98. The number of aromatic nitrogens is 1. The molecule has 0 saturated heterocycles. The molecule has 0 amide bonds. The van der Waals surface area contributed by atoms with Crippen LogP contribution in [-0.2, 0) is 5.75 Å². The number of pyridine rings is 1. The van der Waals surface area contributed by atoms with Crippen molar-refractivity contribution >= 4 is 11.8 Å². The second kappa shape index (κ2) is 7.02. The molecule has 1 aromatic rings. The molecule has 1 aromatic heterocycles. The number of ether oxygens (including phenoxy) is 1. The van der Waals surface area contributed by atoms with Crippen molar-refractivity contribution < 1.29 is 17.9 Å². The molecule has 21 heavy (non-hydrogen) atoms. The van der Waals surface area contributed by atoms with E-state index in [1.807, 2.05) is 0 Å². The predicted molar refractivity (Wildman–Crippen MR) is 78.3 cm³/mol. The summed E-state index contributed by atoms with van der Waals surface area (Å²) in [5.41, 5.74) is 1.43. The third-order valence-electron chi connectivity index (χ3n) is 3.01. The lowest BCUT2D eigenvalue weighted by atomic mass is 10.2. The Bertz CT molecular complexity index is 552. The Morgan fingerprint density at radius 3 is 2.81 bits per heavy atom. The van der Waals surface area contributed by atoms with Crippen LogP contribution in [-0.4, -0.2) is 17.8 Å². The molecule has 0 saturated carbocycles. The van der Waals surface area contributed by atoms with Gasteiger partial charge in [-0.3, -0.25) is 4.98 Å². The van der Waals surface area contributed by atoms with Gasteiger partial charge in [0.1, 0.15) is 5.75 Å². The van der Waals surface area contributed by atoms with E-state index in [9.17, 15) is 13.2 Å². The maximum absolute atomic E-state index is 12.2. The first-order valence-electron chi connectivity index (χ1n) is 6.56. The zero-order chi connectivity index (χ0) is 15.3. The molecule has 1 aliphatic carbocycles. The van der Waals surface area contributed by atoms with Crippen molar-refractivity contribution in [3.63, 3.8) is 0 Å². The molecule has 0 radical (unpaired) electrons. The molecule has 0 atom stereocenters. The van der Waals surface area contributed by atoms with Crippen molar-refractivity contribution in [1.82, 2.24) is 4.98 Å². The van der Waals surface area contributed by atoms with Crippen LogP contribution in [0.5, 0.6) is 5.75 Å². The molecule has 1 aliphatic rings. The molecular weight excluding hydrogens is 299 g/mol. The van der Waals surface area contributed by atoms with Gasteiger partial charge in [-0.25, -0.2) is 0 Å². The molecule has 0 fully saturated rings. The van der Waals surface area contributed by atoms with Crippen molar-refractivity contribution in [3.05, 3.63) is 46.7 Å². The third-order valence-corrected chi connectivity index (χ3v) is 4.13. The molecule has 2 nitrogen and oxygen atoms in total. The molecule has 0 aliphatic heterocycles. The van der Waals surface area contributed by atoms with Gasteiger partial charge in [-0.1, -0.05) is 18.2 Å². The van der Waals surface area contributed by atoms with Gasteiger partial charge in [0.15, 0.2) is 6.61 Å². The number of hydrogen-bond donors (Lipinski definition) is 0. The van der Waals surface area contributed by atoms with E-state index in [1.54, 1.807) is 18.7 Å². The quantitative estimate of drug-likeness (QED) is 0.729. The van der Waals surface area contributed by atoms with Gasteiger partial charge in [0.25, 0.3) is 0 Å². The van der Waals surface area contributed by atoms with Gasteiger partial charge in [0.2, 0.25) is 0 Å². The van der Waals surface area contributed by atoms with Gasteiger partial charge in [-0.15, -0.1) is 11.8 Å². The smallest absolute Gasteiger partial charge is 0.422 e. The molecule has 0 unspecified atom stereocenters. The summed E-state index contributed by atoms with van der Waals surface area (Å²) in [4.78, 5) is 5.50. The second-order valence-corrected chi connectivity index (χ2v) is 5.76. The summed E-state index contributed by atoms with van der Waals surface area (Å²) in [7, 11) is 0. The highest BCUT2D eigenvalue weighted by Crippen LogP contribution is 2.30. The molecule has 6 heteroatoms. The number of thioether (sulfide) groups is 1. The van der Waals surface area contributed by atoms with Crippen LogP contribution in [0.4, 0.5) is 13.2 Å². The number of nitrogens with zero attached hydrogens (tertiary/aromatic N) is 1. The number of allylic oxidation sites excluding steroid dienone is 4. The van der Waals surface area contributed by atoms with E-state index in [-0.39, 0.29) is 5.75 Å². The highest BCUT2D eigenvalue weighted by molar-refractivity contribution is 8.02. The predicted octanol–water partition coefficient (Wildman–Crippen LogP) is 4.80. The van der Waals surface area contributed by atoms with Crippen LogP contribution in [0, 0.1) is 6.92 Å². The average Bonchev–Trinajstić information content (AvgIpc) is 2.45. The summed E-state index contributed by atoms with van der Waals surface area (Å²) in [5, 5.41) is 0. The normalized spacial score (nSPS) is 15.0. The van der Waals surface area contributed by atoms with Gasteiger partial charge in [0.05, 0.1) is 5.69 Å². The minimum atomic E-state index is -4.33. The summed E-state index contributed by atoms with van der Waals surface area (Å²) in [6.07, 6.45) is 5.39. The maximum atomic E-state index is 12.2. The largest absolute Gasteiger partial charge is 0.484 e. The molecule has 114 valence electrons. The lowest BCUT2D eigenvalue weighted by Gasteiger charge is -2.14. The first-order chi connectivity index (χ1) is 9.96. The third kappa shape index (κ3) is 5.12. The van der Waals surface area contributed by atoms with Gasteiger partial charge >= 0.3 is 6.18 Å². The van der Waals surface area contributed by atoms with Crippen LogP contribution in [0.15, 0.2) is 35.4 Å². The molecular formula is C15H16F3NOS. The van der Waals surface area contributed by atoms with E-state index in [1.165, 1.54) is 17.2 Å². The Kier molecular flexibility index (Phi) is 5.33. The van der Waals surface area contributed by atoms with Crippen molar-refractivity contribution in [2.75, 3.05) is 6.61 Å². The standard InChI is InChI=1S/C15H16F3NOS/c1-11-13(9-21-12-5-3-2-4-6-12)19-8-7-14(11)20-10-15(16,17)18/h2-3,6-8H,4-5,9-10H2,1H3. The fourth-order valence-corrected chi connectivity index (χ4v) is 2.92. The van der Waals surface area contributed by atoms with Gasteiger partial charge in [-0.2, -0.15) is 13.2 Å². The molecule has 0 spiro atoms. The number of alkyl halides is 3. The minimum absolute atomic E-state index is 0.246. The summed E-state index contributed by atoms with van der Waals surface area (Å²) in [6, 6.07) is 1.47. The van der Waals surface area contributed by atoms with Gasteiger partial charge in [-0.05, 0) is 30.7 Å². The lowest BCUT2D eigenvalue weighted by Crippen LogP contribution is -2.19. The Morgan fingerprint density at radius 1 is 1.33 bits per heavy atom. The zero-order valence-corrected chi connectivity index (χ0v) is 12.4. The lowest BCUT2D eigenvalue weighted by molar-refractivity contribution is -0.153. The van der Waals surface area contributed by atoms with Crippen LogP contribution in [0.1, 0.15) is 24.1 Å². The zero-order valence-electron chi connectivity index (χ0n) is 11.6. The van der Waals surface area contributed by atoms with E-state index in [2.05, 4.69) is 23.2 Å². The summed E-state index contributed by atoms with van der Waals surface area (Å²) < 4.78 is 41.5. The van der Waals surface area contributed by atoms with Crippen LogP contribution >= 0.6 is 11.8 Å². The average molecular weight is 315 g/mol. The highest BCUT2D eigenvalue weighted by atomic mass is 32.2. The number of hydrogen-bond acceptors (Lipinski definition) is 3. The minimum Gasteiger partial charge on any atom is -0.484 e. The fraction of sp³-hybridized carbons (Fsp3) is 0.400. The molecule has 0 bridgehead atoms. The van der Waals surface area contributed by atoms with E-state index >= 15 is 0 Å². The van der Waals surface area contributed by atoms with E-state index in [0.717, 1.165) is 18.5 Å². The Hall–Kier alpha value is -1.43. The van der Waals surface area contributed by atoms with E-state index in [4.69, 9.17) is 4.74 Å². The van der Waals surface area contributed by atoms with Crippen LogP contribution in [0.25, 0.3) is 0 Å². The monoisotopic (exact) mass is 315 g/mol. The molecule has 0 aromatic carbocycles. The fourth-order valence-electron chi connectivity index (χ4n) is 1.88. The van der Waals surface area contributed by atoms with E-state index in [0.29, 0.717) is 11.3 Å². The van der Waals surface area contributed by atoms with Crippen LogP contribution < -0.4 is 4.74 Å². The topological polar surface area (TPSA) is 22.1 Å². The molecule has 0 N–H and O–H groups in total. The van der Waals surface area contributed by atoms with Crippen molar-refractivity contribution in [2.45, 2.75) is 31.7 Å². The molecule has 2 rings (SSSR count). The van der Waals surface area contributed by atoms with Crippen LogP contribution in [0.2, 0.25) is 0 Å². The first kappa shape index (κ1) is 15.9. The SMILES string of the molecule is Cc1c(OCC(F)(F)F)ccnc1CSC1=CCC=CC1. The Morgan fingerprint density at radius 2 is 2.14 bits per heavy atom. The van der Waals surface area contributed by atoms with Gasteiger partial charge < -0.3 is 4.74 Å². The number of halogens is 3. The summed E-state index contributed by atoms with van der Waals surface area (Å²) in [5.74, 6) is 0.879. The number of rotatable bonds is 5.